The van der Waals surface area contributed by atoms with Crippen molar-refractivity contribution in [2.24, 2.45) is 0 Å². The summed E-state index contributed by atoms with van der Waals surface area (Å²) in [7, 11) is 0. The molecule has 0 radical (unpaired) electrons. The lowest BCUT2D eigenvalue weighted by atomic mass is 10.1. The van der Waals surface area contributed by atoms with Crippen LogP contribution in [0.15, 0.2) is 18.2 Å². The zero-order chi connectivity index (χ0) is 15.2. The van der Waals surface area contributed by atoms with Gasteiger partial charge in [-0.1, -0.05) is 0 Å². The minimum Gasteiger partial charge on any atom is -0.483 e. The van der Waals surface area contributed by atoms with Crippen molar-refractivity contribution in [3.8, 4) is 5.75 Å². The average Bonchev–Trinajstić information content (AvgIpc) is 2.47. The number of rotatable bonds is 5. The lowest BCUT2D eigenvalue weighted by Crippen LogP contribution is -2.41. The maximum Gasteiger partial charge on any atom is 0.258 e. The number of nitrogens with one attached hydrogen (secondary N) is 1. The lowest BCUT2D eigenvalue weighted by Gasteiger charge is -2.23. The highest BCUT2D eigenvalue weighted by Gasteiger charge is 2.17. The van der Waals surface area contributed by atoms with Crippen molar-refractivity contribution < 1.29 is 23.8 Å². The summed E-state index contributed by atoms with van der Waals surface area (Å²) in [6, 6.07) is 3.96. The van der Waals surface area contributed by atoms with Crippen molar-refractivity contribution in [3.05, 3.63) is 29.6 Å². The molecule has 0 aliphatic carbocycles. The third kappa shape index (κ3) is 4.68. The first-order valence-electron chi connectivity index (χ1n) is 7.03. The van der Waals surface area contributed by atoms with Crippen LogP contribution in [0.25, 0.3) is 0 Å². The Morgan fingerprint density at radius 3 is 2.90 bits per heavy atom. The number of aliphatic hydroxyl groups excluding tert-OH is 1. The number of hydrogen-bond acceptors (Lipinski definition) is 4. The molecule has 0 spiro atoms. The number of benzene rings is 1. The predicted octanol–water partition coefficient (Wildman–Crippen LogP) is 1.55. The van der Waals surface area contributed by atoms with E-state index in [0.717, 1.165) is 12.8 Å². The molecular weight excluding hydrogens is 277 g/mol. The molecule has 0 bridgehead atoms. The number of aliphatic hydroxyl groups is 1. The van der Waals surface area contributed by atoms with E-state index < -0.39 is 11.9 Å². The number of carbonyl (C=O) groups is 1. The zero-order valence-corrected chi connectivity index (χ0v) is 12.0. The predicted molar refractivity (Wildman–Crippen MR) is 74.5 cm³/mol. The minimum absolute atomic E-state index is 0.110. The van der Waals surface area contributed by atoms with Crippen molar-refractivity contribution in [1.29, 1.82) is 0 Å². The molecule has 0 saturated carbocycles. The molecular formula is C15H20FNO4. The van der Waals surface area contributed by atoms with Crippen molar-refractivity contribution in [3.63, 3.8) is 0 Å². The van der Waals surface area contributed by atoms with Crippen molar-refractivity contribution in [2.75, 3.05) is 19.8 Å². The normalized spacial score (nSPS) is 17.3. The summed E-state index contributed by atoms with van der Waals surface area (Å²) in [6.07, 6.45) is 0.719. The smallest absolute Gasteiger partial charge is 0.258 e. The summed E-state index contributed by atoms with van der Waals surface area (Å²) in [4.78, 5) is 11.8. The first-order valence-corrected chi connectivity index (χ1v) is 7.03. The van der Waals surface area contributed by atoms with Gasteiger partial charge in [-0.25, -0.2) is 4.39 Å². The maximum atomic E-state index is 13.2. The Morgan fingerprint density at radius 1 is 1.52 bits per heavy atom. The van der Waals surface area contributed by atoms with Crippen LogP contribution in [-0.4, -0.2) is 36.9 Å². The molecule has 1 amide bonds. The van der Waals surface area contributed by atoms with Gasteiger partial charge in [-0.05, 0) is 38.0 Å². The second kappa shape index (κ2) is 7.38. The molecule has 1 fully saturated rings. The monoisotopic (exact) mass is 297 g/mol. The van der Waals surface area contributed by atoms with Gasteiger partial charge in [0, 0.05) is 24.8 Å². The molecule has 1 atom stereocenters. The Bertz CT molecular complexity index is 487. The standard InChI is InChI=1S/C15H20FNO4/c1-10(18)13-8-11(16)2-3-14(13)21-9-15(19)17-12-4-6-20-7-5-12/h2-3,8,10,12,18H,4-7,9H2,1H3,(H,17,19)/t10-/m1/s1. The molecule has 0 aromatic heterocycles. The Labute approximate surface area is 123 Å². The van der Waals surface area contributed by atoms with E-state index in [-0.39, 0.29) is 18.6 Å². The SMILES string of the molecule is C[C@@H](O)c1cc(F)ccc1OCC(=O)NC1CCOCC1. The van der Waals surface area contributed by atoms with Gasteiger partial charge < -0.3 is 19.9 Å². The summed E-state index contributed by atoms with van der Waals surface area (Å²) < 4.78 is 23.8. The number of amides is 1. The third-order valence-corrected chi connectivity index (χ3v) is 3.37. The molecule has 1 aromatic carbocycles. The van der Waals surface area contributed by atoms with E-state index in [1.165, 1.54) is 25.1 Å². The summed E-state index contributed by atoms with van der Waals surface area (Å²) in [5.41, 5.74) is 0.328. The van der Waals surface area contributed by atoms with Crippen LogP contribution in [-0.2, 0) is 9.53 Å². The number of hydrogen-bond donors (Lipinski definition) is 2. The summed E-state index contributed by atoms with van der Waals surface area (Å²) in [5, 5.41) is 12.5. The van der Waals surface area contributed by atoms with Gasteiger partial charge in [0.2, 0.25) is 0 Å². The fraction of sp³-hybridized carbons (Fsp3) is 0.533. The van der Waals surface area contributed by atoms with Crippen LogP contribution >= 0.6 is 0 Å². The van der Waals surface area contributed by atoms with E-state index >= 15 is 0 Å². The van der Waals surface area contributed by atoms with Crippen LogP contribution in [0.4, 0.5) is 4.39 Å². The van der Waals surface area contributed by atoms with E-state index in [1.807, 2.05) is 0 Å². The molecule has 116 valence electrons. The highest BCUT2D eigenvalue weighted by Crippen LogP contribution is 2.25. The molecule has 6 heteroatoms. The maximum absolute atomic E-state index is 13.2. The van der Waals surface area contributed by atoms with Gasteiger partial charge in [-0.15, -0.1) is 0 Å². The van der Waals surface area contributed by atoms with Crippen molar-refractivity contribution in [1.82, 2.24) is 5.32 Å². The topological polar surface area (TPSA) is 67.8 Å². The Hall–Kier alpha value is -1.66. The molecule has 5 nitrogen and oxygen atoms in total. The van der Waals surface area contributed by atoms with E-state index in [1.54, 1.807) is 0 Å². The minimum atomic E-state index is -0.866. The second-order valence-corrected chi connectivity index (χ2v) is 5.10. The average molecular weight is 297 g/mol. The molecule has 1 aliphatic rings. The van der Waals surface area contributed by atoms with Crippen LogP contribution in [0.5, 0.6) is 5.75 Å². The van der Waals surface area contributed by atoms with Crippen molar-refractivity contribution in [2.45, 2.75) is 31.9 Å². The Morgan fingerprint density at radius 2 is 2.24 bits per heavy atom. The molecule has 1 aliphatic heterocycles. The van der Waals surface area contributed by atoms with Gasteiger partial charge in [0.05, 0.1) is 6.10 Å². The lowest BCUT2D eigenvalue weighted by molar-refractivity contribution is -0.124. The van der Waals surface area contributed by atoms with Crippen LogP contribution in [0.3, 0.4) is 0 Å². The fourth-order valence-corrected chi connectivity index (χ4v) is 2.23. The van der Waals surface area contributed by atoms with Crippen molar-refractivity contribution >= 4 is 5.91 Å². The van der Waals surface area contributed by atoms with Crippen LogP contribution < -0.4 is 10.1 Å². The summed E-state index contributed by atoms with van der Waals surface area (Å²) in [6.45, 7) is 2.65. The molecule has 1 heterocycles. The highest BCUT2D eigenvalue weighted by molar-refractivity contribution is 5.77. The molecule has 2 N–H and O–H groups in total. The van der Waals surface area contributed by atoms with E-state index in [2.05, 4.69) is 5.32 Å². The second-order valence-electron chi connectivity index (χ2n) is 5.10. The first-order chi connectivity index (χ1) is 10.1. The largest absolute Gasteiger partial charge is 0.483 e. The van der Waals surface area contributed by atoms with Crippen LogP contribution in [0.1, 0.15) is 31.4 Å². The highest BCUT2D eigenvalue weighted by atomic mass is 19.1. The first kappa shape index (κ1) is 15.7. The molecule has 21 heavy (non-hydrogen) atoms. The van der Waals surface area contributed by atoms with Gasteiger partial charge in [0.1, 0.15) is 11.6 Å². The third-order valence-electron chi connectivity index (χ3n) is 3.37. The molecule has 1 saturated heterocycles. The summed E-state index contributed by atoms with van der Waals surface area (Å²) >= 11 is 0. The van der Waals surface area contributed by atoms with Gasteiger partial charge >= 0.3 is 0 Å². The van der Waals surface area contributed by atoms with E-state index in [9.17, 15) is 14.3 Å². The van der Waals surface area contributed by atoms with Gasteiger partial charge in [0.15, 0.2) is 6.61 Å². The number of halogens is 1. The number of carbonyl (C=O) groups excluding carboxylic acids is 1. The molecule has 1 aromatic rings. The van der Waals surface area contributed by atoms with Gasteiger partial charge in [-0.3, -0.25) is 4.79 Å². The summed E-state index contributed by atoms with van der Waals surface area (Å²) in [5.74, 6) is -0.374. The van der Waals surface area contributed by atoms with Gasteiger partial charge in [-0.2, -0.15) is 0 Å². The van der Waals surface area contributed by atoms with Crippen LogP contribution in [0.2, 0.25) is 0 Å². The quantitative estimate of drug-likeness (QED) is 0.865. The number of ether oxygens (including phenoxy) is 2. The zero-order valence-electron chi connectivity index (χ0n) is 12.0. The molecule has 0 unspecified atom stereocenters. The molecule has 2 rings (SSSR count). The van der Waals surface area contributed by atoms with Crippen LogP contribution in [0, 0.1) is 5.82 Å². The Balaban J connectivity index is 1.88. The fourth-order valence-electron chi connectivity index (χ4n) is 2.23. The van der Waals surface area contributed by atoms with Gasteiger partial charge in [0.25, 0.3) is 5.91 Å². The van der Waals surface area contributed by atoms with E-state index in [4.69, 9.17) is 9.47 Å². The van der Waals surface area contributed by atoms with E-state index in [0.29, 0.717) is 24.5 Å². The Kier molecular flexibility index (Phi) is 5.52.